The summed E-state index contributed by atoms with van der Waals surface area (Å²) in [7, 11) is 0. The number of esters is 3. The molecule has 0 aliphatic rings. The second-order valence-electron chi connectivity index (χ2n) is 19.2. The van der Waals surface area contributed by atoms with Gasteiger partial charge in [0.25, 0.3) is 0 Å². The van der Waals surface area contributed by atoms with Gasteiger partial charge in [0.15, 0.2) is 6.10 Å². The Labute approximate surface area is 415 Å². The second kappa shape index (κ2) is 55.7. The van der Waals surface area contributed by atoms with Gasteiger partial charge in [-0.3, -0.25) is 14.4 Å². The van der Waals surface area contributed by atoms with Gasteiger partial charge in [-0.2, -0.15) is 0 Å². The van der Waals surface area contributed by atoms with E-state index in [9.17, 15) is 14.4 Å². The summed E-state index contributed by atoms with van der Waals surface area (Å²) in [5, 5.41) is 0. The molecule has 0 radical (unpaired) electrons. The lowest BCUT2D eigenvalue weighted by Crippen LogP contribution is -2.30. The van der Waals surface area contributed by atoms with Crippen LogP contribution in [0.5, 0.6) is 0 Å². The van der Waals surface area contributed by atoms with E-state index in [2.05, 4.69) is 81.5 Å². The third-order valence-corrected chi connectivity index (χ3v) is 12.5. The van der Waals surface area contributed by atoms with Crippen molar-refractivity contribution < 1.29 is 28.6 Å². The zero-order valence-electron chi connectivity index (χ0n) is 44.4. The van der Waals surface area contributed by atoms with E-state index in [1.807, 2.05) is 0 Å². The van der Waals surface area contributed by atoms with Crippen LogP contribution in [0.1, 0.15) is 290 Å². The number of carbonyl (C=O) groups is 3. The van der Waals surface area contributed by atoms with Gasteiger partial charge < -0.3 is 14.2 Å². The van der Waals surface area contributed by atoms with E-state index >= 15 is 0 Å². The van der Waals surface area contributed by atoms with Crippen molar-refractivity contribution in [3.05, 3.63) is 60.8 Å². The first-order valence-corrected chi connectivity index (χ1v) is 28.8. The molecule has 0 aromatic rings. The SMILES string of the molecule is CC/C=C\C/C=C\C/C=C\C/C=C\CCCCC(=O)O[C@H](COC(=O)CCCCCCC/C=C\CCCCCCCC)COC(=O)CCCCCCCCCCCCCCCCCCCCC. The lowest BCUT2D eigenvalue weighted by Gasteiger charge is -2.18. The smallest absolute Gasteiger partial charge is 0.306 e. The monoisotopic (exact) mass is 937 g/mol. The molecule has 0 rings (SSSR count). The maximum absolute atomic E-state index is 12.8. The van der Waals surface area contributed by atoms with Gasteiger partial charge in [-0.05, 0) is 83.5 Å². The van der Waals surface area contributed by atoms with Crippen molar-refractivity contribution in [2.75, 3.05) is 13.2 Å². The number of unbranched alkanes of at least 4 members (excludes halogenated alkanes) is 31. The maximum Gasteiger partial charge on any atom is 0.306 e. The minimum atomic E-state index is -0.797. The van der Waals surface area contributed by atoms with Crippen LogP contribution in [0.4, 0.5) is 0 Å². The average Bonchev–Trinajstić information content (AvgIpc) is 3.33. The Bertz CT molecular complexity index is 1210. The molecule has 388 valence electrons. The van der Waals surface area contributed by atoms with Crippen LogP contribution >= 0.6 is 0 Å². The van der Waals surface area contributed by atoms with Crippen LogP contribution in [0.15, 0.2) is 60.8 Å². The molecule has 6 nitrogen and oxygen atoms in total. The third-order valence-electron chi connectivity index (χ3n) is 12.5. The molecule has 0 aliphatic carbocycles. The fraction of sp³-hybridized carbons (Fsp3) is 0.787. The molecule has 0 aromatic carbocycles. The number of hydrogen-bond donors (Lipinski definition) is 0. The predicted octanol–water partition coefficient (Wildman–Crippen LogP) is 19.2. The van der Waals surface area contributed by atoms with Gasteiger partial charge in [0.1, 0.15) is 13.2 Å². The predicted molar refractivity (Wildman–Crippen MR) is 288 cm³/mol. The summed E-state index contributed by atoms with van der Waals surface area (Å²) in [5.74, 6) is -0.930. The highest BCUT2D eigenvalue weighted by Gasteiger charge is 2.19. The first-order chi connectivity index (χ1) is 33.0. The van der Waals surface area contributed by atoms with Crippen LogP contribution in [0.2, 0.25) is 0 Å². The van der Waals surface area contributed by atoms with E-state index < -0.39 is 6.10 Å². The molecule has 0 N–H and O–H groups in total. The van der Waals surface area contributed by atoms with E-state index in [0.717, 1.165) is 83.5 Å². The van der Waals surface area contributed by atoms with Gasteiger partial charge in [-0.1, -0.05) is 248 Å². The van der Waals surface area contributed by atoms with Gasteiger partial charge >= 0.3 is 17.9 Å². The van der Waals surface area contributed by atoms with E-state index in [4.69, 9.17) is 14.2 Å². The Morgan fingerprint density at radius 3 is 0.955 bits per heavy atom. The quantitative estimate of drug-likeness (QED) is 0.0262. The molecule has 1 atom stereocenters. The number of ether oxygens (including phenoxy) is 3. The summed E-state index contributed by atoms with van der Waals surface area (Å²) in [5.41, 5.74) is 0. The largest absolute Gasteiger partial charge is 0.462 e. The van der Waals surface area contributed by atoms with E-state index in [1.54, 1.807) is 0 Å². The molecule has 6 heteroatoms. The van der Waals surface area contributed by atoms with Gasteiger partial charge in [0.05, 0.1) is 0 Å². The topological polar surface area (TPSA) is 78.9 Å². The fourth-order valence-electron chi connectivity index (χ4n) is 8.19. The van der Waals surface area contributed by atoms with Gasteiger partial charge in [-0.25, -0.2) is 0 Å². The van der Waals surface area contributed by atoms with Crippen molar-refractivity contribution in [3.63, 3.8) is 0 Å². The average molecular weight is 938 g/mol. The molecular formula is C61H108O6. The molecule has 0 saturated heterocycles. The molecule has 0 spiro atoms. The summed E-state index contributed by atoms with van der Waals surface area (Å²) < 4.78 is 16.8. The fourth-order valence-corrected chi connectivity index (χ4v) is 8.19. The maximum atomic E-state index is 12.8. The van der Waals surface area contributed by atoms with Crippen LogP contribution in [-0.2, 0) is 28.6 Å². The molecule has 67 heavy (non-hydrogen) atoms. The van der Waals surface area contributed by atoms with Crippen LogP contribution in [-0.4, -0.2) is 37.2 Å². The van der Waals surface area contributed by atoms with Crippen molar-refractivity contribution in [1.29, 1.82) is 0 Å². The summed E-state index contributed by atoms with van der Waals surface area (Å²) in [6, 6.07) is 0. The van der Waals surface area contributed by atoms with Crippen LogP contribution in [0.3, 0.4) is 0 Å². The normalized spacial score (nSPS) is 12.5. The lowest BCUT2D eigenvalue weighted by atomic mass is 10.0. The number of allylic oxidation sites excluding steroid dienone is 10. The van der Waals surface area contributed by atoms with Crippen molar-refractivity contribution >= 4 is 17.9 Å². The molecule has 0 aliphatic heterocycles. The van der Waals surface area contributed by atoms with Crippen molar-refractivity contribution in [2.24, 2.45) is 0 Å². The molecule has 0 saturated carbocycles. The Morgan fingerprint density at radius 2 is 0.582 bits per heavy atom. The first-order valence-electron chi connectivity index (χ1n) is 28.8. The van der Waals surface area contributed by atoms with Gasteiger partial charge in [0.2, 0.25) is 0 Å². The second-order valence-corrected chi connectivity index (χ2v) is 19.2. The molecule has 0 aromatic heterocycles. The number of rotatable bonds is 52. The molecule has 0 unspecified atom stereocenters. The molecule has 0 fully saturated rings. The van der Waals surface area contributed by atoms with Crippen molar-refractivity contribution in [1.82, 2.24) is 0 Å². The lowest BCUT2D eigenvalue weighted by molar-refractivity contribution is -0.167. The zero-order valence-corrected chi connectivity index (χ0v) is 44.4. The van der Waals surface area contributed by atoms with Crippen LogP contribution in [0.25, 0.3) is 0 Å². The van der Waals surface area contributed by atoms with E-state index in [-0.39, 0.29) is 37.5 Å². The summed E-state index contributed by atoms with van der Waals surface area (Å²) in [4.78, 5) is 38.1. The Balaban J connectivity index is 4.39. The van der Waals surface area contributed by atoms with E-state index in [0.29, 0.717) is 19.3 Å². The van der Waals surface area contributed by atoms with Crippen LogP contribution in [0, 0.1) is 0 Å². The third kappa shape index (κ3) is 53.9. The minimum Gasteiger partial charge on any atom is -0.462 e. The summed E-state index contributed by atoms with van der Waals surface area (Å²) in [6.07, 6.45) is 69.3. The van der Waals surface area contributed by atoms with Crippen molar-refractivity contribution in [2.45, 2.75) is 297 Å². The molecule has 0 bridgehead atoms. The highest BCUT2D eigenvalue weighted by Crippen LogP contribution is 2.16. The molecular weight excluding hydrogens is 829 g/mol. The molecule has 0 heterocycles. The summed E-state index contributed by atoms with van der Waals surface area (Å²) in [6.45, 7) is 6.51. The standard InChI is InChI=1S/C61H108O6/c1-4-7-10-13-16-19-22-25-28-29-30-31-34-36-39-42-45-48-51-54-60(63)66-57-58(67-61(64)55-52-49-46-43-40-37-33-27-24-21-18-15-12-9-6-3)56-65-59(62)53-50-47-44-41-38-35-32-26-23-20-17-14-11-8-5-2/h9,12,18,21,26-27,32-33,40,43,58H,4-8,10-11,13-17,19-20,22-25,28-31,34-39,41-42,44-57H2,1-3H3/b12-9-,21-18-,32-26-,33-27-,43-40-/t58-/m1/s1. The Kier molecular flexibility index (Phi) is 53.3. The van der Waals surface area contributed by atoms with Crippen LogP contribution < -0.4 is 0 Å². The first kappa shape index (κ1) is 64.1. The Hall–Kier alpha value is -2.89. The highest BCUT2D eigenvalue weighted by atomic mass is 16.6. The highest BCUT2D eigenvalue weighted by molar-refractivity contribution is 5.71. The number of hydrogen-bond acceptors (Lipinski definition) is 6. The zero-order chi connectivity index (χ0) is 48.6. The van der Waals surface area contributed by atoms with Gasteiger partial charge in [0, 0.05) is 19.3 Å². The number of carbonyl (C=O) groups excluding carboxylic acids is 3. The van der Waals surface area contributed by atoms with Crippen molar-refractivity contribution in [3.8, 4) is 0 Å². The van der Waals surface area contributed by atoms with Gasteiger partial charge in [-0.15, -0.1) is 0 Å². The van der Waals surface area contributed by atoms with E-state index in [1.165, 1.54) is 161 Å². The minimum absolute atomic E-state index is 0.0909. The summed E-state index contributed by atoms with van der Waals surface area (Å²) >= 11 is 0. The molecule has 0 amide bonds. The Morgan fingerprint density at radius 1 is 0.313 bits per heavy atom.